The summed E-state index contributed by atoms with van der Waals surface area (Å²) in [6, 6.07) is 1.61. The number of amides is 1. The summed E-state index contributed by atoms with van der Waals surface area (Å²) in [5, 5.41) is -0.411. The van der Waals surface area contributed by atoms with Crippen LogP contribution in [-0.2, 0) is 9.05 Å². The van der Waals surface area contributed by atoms with E-state index in [9.17, 15) is 17.6 Å². The lowest BCUT2D eigenvalue weighted by atomic mass is 10.1. The van der Waals surface area contributed by atoms with Crippen LogP contribution in [-0.4, -0.2) is 31.8 Å². The van der Waals surface area contributed by atoms with E-state index in [1.54, 1.807) is 6.92 Å². The molecule has 1 amide bonds. The molecule has 0 saturated heterocycles. The summed E-state index contributed by atoms with van der Waals surface area (Å²) >= 11 is 5.80. The molecule has 0 aromatic heterocycles. The molecule has 0 spiro atoms. The first-order chi connectivity index (χ1) is 9.63. The lowest BCUT2D eigenvalue weighted by Gasteiger charge is -2.27. The van der Waals surface area contributed by atoms with Crippen molar-refractivity contribution >= 4 is 37.2 Å². The Hall–Kier alpha value is -0.850. The Morgan fingerprint density at radius 2 is 1.95 bits per heavy atom. The van der Waals surface area contributed by atoms with Crippen molar-refractivity contribution in [3.05, 3.63) is 28.5 Å². The van der Waals surface area contributed by atoms with Crippen LogP contribution in [0.5, 0.6) is 0 Å². The molecule has 0 N–H and O–H groups in total. The Morgan fingerprint density at radius 3 is 2.38 bits per heavy atom. The third kappa shape index (κ3) is 4.08. The number of nitrogens with zero attached hydrogens (tertiary/aromatic N) is 1. The zero-order chi connectivity index (χ0) is 16.4. The minimum atomic E-state index is -4.15. The Bertz CT molecular complexity index is 649. The minimum absolute atomic E-state index is 0.0853. The van der Waals surface area contributed by atoms with E-state index < -0.39 is 30.7 Å². The van der Waals surface area contributed by atoms with Crippen molar-refractivity contribution in [3.8, 4) is 0 Å². The maximum atomic E-state index is 13.8. The molecule has 0 saturated carbocycles. The fourth-order valence-corrected chi connectivity index (χ4v) is 2.85. The van der Waals surface area contributed by atoms with E-state index in [1.165, 1.54) is 4.90 Å². The normalized spacial score (nSPS) is 13.0. The second kappa shape index (κ2) is 6.94. The summed E-state index contributed by atoms with van der Waals surface area (Å²) in [5.74, 6) is -1.53. The number of benzene rings is 1. The van der Waals surface area contributed by atoms with Gasteiger partial charge in [-0.1, -0.05) is 18.5 Å². The Morgan fingerprint density at radius 1 is 1.38 bits per heavy atom. The van der Waals surface area contributed by atoms with Crippen LogP contribution in [0.1, 0.15) is 37.6 Å². The molecule has 1 unspecified atom stereocenters. The smallest absolute Gasteiger partial charge is 0.261 e. The molecule has 1 aromatic carbocycles. The molecule has 118 valence electrons. The van der Waals surface area contributed by atoms with Crippen LogP contribution in [0, 0.1) is 5.82 Å². The predicted octanol–water partition coefficient (Wildman–Crippen LogP) is 3.67. The Kier molecular flexibility index (Phi) is 6.01. The molecular formula is C13H16Cl2FNO3S. The summed E-state index contributed by atoms with van der Waals surface area (Å²) in [6.07, 6.45) is 0.702. The first-order valence-corrected chi connectivity index (χ1v) is 9.06. The van der Waals surface area contributed by atoms with Gasteiger partial charge in [-0.3, -0.25) is 4.79 Å². The van der Waals surface area contributed by atoms with E-state index in [-0.39, 0.29) is 11.6 Å². The van der Waals surface area contributed by atoms with Gasteiger partial charge in [0.15, 0.2) is 0 Å². The first kappa shape index (κ1) is 18.2. The highest BCUT2D eigenvalue weighted by molar-refractivity contribution is 8.13. The Balaban J connectivity index is 3.42. The summed E-state index contributed by atoms with van der Waals surface area (Å²) in [5.41, 5.74) is -0.210. The fraction of sp³-hybridized carbons (Fsp3) is 0.462. The monoisotopic (exact) mass is 355 g/mol. The number of halogens is 3. The molecule has 0 aliphatic carbocycles. The molecule has 1 rings (SSSR count). The van der Waals surface area contributed by atoms with Crippen LogP contribution in [0.15, 0.2) is 17.0 Å². The highest BCUT2D eigenvalue weighted by Crippen LogP contribution is 2.28. The van der Waals surface area contributed by atoms with Gasteiger partial charge in [0.2, 0.25) is 0 Å². The zero-order valence-corrected chi connectivity index (χ0v) is 14.2. The molecular weight excluding hydrogens is 340 g/mol. The maximum absolute atomic E-state index is 13.8. The highest BCUT2D eigenvalue weighted by atomic mass is 35.7. The zero-order valence-electron chi connectivity index (χ0n) is 11.9. The van der Waals surface area contributed by atoms with E-state index in [0.29, 0.717) is 19.0 Å². The molecule has 0 heterocycles. The number of hydrogen-bond donors (Lipinski definition) is 0. The first-order valence-electron chi connectivity index (χ1n) is 6.38. The van der Waals surface area contributed by atoms with E-state index in [2.05, 4.69) is 0 Å². The lowest BCUT2D eigenvalue weighted by molar-refractivity contribution is 0.0699. The predicted molar refractivity (Wildman–Crippen MR) is 80.9 cm³/mol. The number of rotatable bonds is 5. The second-order valence-electron chi connectivity index (χ2n) is 4.55. The van der Waals surface area contributed by atoms with Gasteiger partial charge in [0.05, 0.1) is 15.5 Å². The molecule has 0 aliphatic rings. The lowest BCUT2D eigenvalue weighted by Crippen LogP contribution is -2.38. The van der Waals surface area contributed by atoms with Crippen LogP contribution in [0.3, 0.4) is 0 Å². The van der Waals surface area contributed by atoms with Crippen LogP contribution in [0.25, 0.3) is 0 Å². The van der Waals surface area contributed by atoms with Gasteiger partial charge in [-0.05, 0) is 32.4 Å². The van der Waals surface area contributed by atoms with Crippen molar-refractivity contribution in [1.82, 2.24) is 4.90 Å². The fourth-order valence-electron chi connectivity index (χ4n) is 1.89. The quantitative estimate of drug-likeness (QED) is 0.757. The van der Waals surface area contributed by atoms with Gasteiger partial charge in [0.25, 0.3) is 15.0 Å². The van der Waals surface area contributed by atoms with E-state index in [4.69, 9.17) is 22.3 Å². The number of carbonyl (C=O) groups excluding carboxylic acids is 1. The van der Waals surface area contributed by atoms with Crippen molar-refractivity contribution in [3.63, 3.8) is 0 Å². The molecule has 8 heteroatoms. The van der Waals surface area contributed by atoms with Crippen LogP contribution in [0.4, 0.5) is 4.39 Å². The molecule has 0 bridgehead atoms. The van der Waals surface area contributed by atoms with Gasteiger partial charge in [-0.2, -0.15) is 0 Å². The summed E-state index contributed by atoms with van der Waals surface area (Å²) < 4.78 is 36.4. The van der Waals surface area contributed by atoms with Gasteiger partial charge in [-0.25, -0.2) is 12.8 Å². The molecule has 1 atom stereocenters. The molecule has 0 fully saturated rings. The third-order valence-corrected chi connectivity index (χ3v) is 4.96. The maximum Gasteiger partial charge on any atom is 0.261 e. The molecule has 0 aliphatic heterocycles. The van der Waals surface area contributed by atoms with E-state index in [1.807, 2.05) is 13.8 Å². The summed E-state index contributed by atoms with van der Waals surface area (Å²) in [7, 11) is 1.05. The summed E-state index contributed by atoms with van der Waals surface area (Å²) in [6.45, 7) is 5.91. The SMILES string of the molecule is CCC(C)N(CC)C(=O)c1cc(S(=O)(=O)Cl)cc(F)c1Cl. The highest BCUT2D eigenvalue weighted by Gasteiger charge is 2.25. The van der Waals surface area contributed by atoms with Crippen molar-refractivity contribution in [1.29, 1.82) is 0 Å². The molecule has 21 heavy (non-hydrogen) atoms. The topological polar surface area (TPSA) is 54.5 Å². The number of carbonyl (C=O) groups is 1. The van der Waals surface area contributed by atoms with Gasteiger partial charge < -0.3 is 4.90 Å². The average molecular weight is 356 g/mol. The molecule has 1 aromatic rings. The van der Waals surface area contributed by atoms with Gasteiger partial charge in [-0.15, -0.1) is 0 Å². The molecule has 4 nitrogen and oxygen atoms in total. The van der Waals surface area contributed by atoms with Crippen LogP contribution in [0.2, 0.25) is 5.02 Å². The van der Waals surface area contributed by atoms with Gasteiger partial charge in [0, 0.05) is 23.3 Å². The molecule has 0 radical (unpaired) electrons. The van der Waals surface area contributed by atoms with E-state index >= 15 is 0 Å². The minimum Gasteiger partial charge on any atom is -0.336 e. The van der Waals surface area contributed by atoms with Crippen molar-refractivity contribution in [2.45, 2.75) is 38.1 Å². The van der Waals surface area contributed by atoms with Crippen molar-refractivity contribution in [2.75, 3.05) is 6.54 Å². The standard InChI is InChI=1S/C13H16Cl2FNO3S/c1-4-8(3)17(5-2)13(18)10-6-9(21(15,19)20)7-11(16)12(10)14/h6-8H,4-5H2,1-3H3. The third-order valence-electron chi connectivity index (χ3n) is 3.24. The van der Waals surface area contributed by atoms with Crippen molar-refractivity contribution in [2.24, 2.45) is 0 Å². The summed E-state index contributed by atoms with van der Waals surface area (Å²) in [4.78, 5) is 13.5. The van der Waals surface area contributed by atoms with Gasteiger partial charge >= 0.3 is 0 Å². The van der Waals surface area contributed by atoms with E-state index in [0.717, 1.165) is 6.07 Å². The largest absolute Gasteiger partial charge is 0.336 e. The van der Waals surface area contributed by atoms with Crippen LogP contribution < -0.4 is 0 Å². The van der Waals surface area contributed by atoms with Crippen molar-refractivity contribution < 1.29 is 17.6 Å². The van der Waals surface area contributed by atoms with Gasteiger partial charge in [0.1, 0.15) is 5.82 Å². The number of hydrogen-bond acceptors (Lipinski definition) is 3. The average Bonchev–Trinajstić information content (AvgIpc) is 2.40. The van der Waals surface area contributed by atoms with Crippen LogP contribution >= 0.6 is 22.3 Å². The Labute approximate surface area is 133 Å². The second-order valence-corrected chi connectivity index (χ2v) is 7.50.